The Balaban J connectivity index is 2.70. The summed E-state index contributed by atoms with van der Waals surface area (Å²) in [7, 11) is 0. The molecule has 6 heteroatoms. The fraction of sp³-hybridized carbons (Fsp3) is 0.444. The van der Waals surface area contributed by atoms with Crippen molar-refractivity contribution in [3.63, 3.8) is 0 Å². The summed E-state index contributed by atoms with van der Waals surface area (Å²) in [6.07, 6.45) is 1.28. The SMILES string of the molecule is CCOC(=O)CCn1c(=O)cc[nH]c1=O. The van der Waals surface area contributed by atoms with Crippen LogP contribution in [-0.2, 0) is 16.1 Å². The lowest BCUT2D eigenvalue weighted by atomic mass is 10.4. The van der Waals surface area contributed by atoms with Gasteiger partial charge in [0.15, 0.2) is 0 Å². The van der Waals surface area contributed by atoms with E-state index in [4.69, 9.17) is 0 Å². The second kappa shape index (κ2) is 5.14. The first kappa shape index (κ1) is 11.2. The summed E-state index contributed by atoms with van der Waals surface area (Å²) in [6.45, 7) is 2.02. The summed E-state index contributed by atoms with van der Waals surface area (Å²) in [4.78, 5) is 35.7. The van der Waals surface area contributed by atoms with Gasteiger partial charge in [0.2, 0.25) is 0 Å². The number of hydrogen-bond acceptors (Lipinski definition) is 4. The molecule has 0 fully saturated rings. The molecule has 6 nitrogen and oxygen atoms in total. The van der Waals surface area contributed by atoms with Crippen molar-refractivity contribution < 1.29 is 9.53 Å². The Morgan fingerprint density at radius 3 is 2.87 bits per heavy atom. The number of nitrogens with zero attached hydrogens (tertiary/aromatic N) is 1. The van der Waals surface area contributed by atoms with E-state index in [0.717, 1.165) is 4.57 Å². The Labute approximate surface area is 85.5 Å². The average Bonchev–Trinajstić information content (AvgIpc) is 2.17. The van der Waals surface area contributed by atoms with E-state index in [0.29, 0.717) is 6.61 Å². The third-order valence-electron chi connectivity index (χ3n) is 1.79. The third-order valence-corrected chi connectivity index (χ3v) is 1.79. The monoisotopic (exact) mass is 212 g/mol. The second-order valence-corrected chi connectivity index (χ2v) is 2.83. The first-order valence-electron chi connectivity index (χ1n) is 4.59. The molecule has 1 rings (SSSR count). The largest absolute Gasteiger partial charge is 0.466 e. The molecule has 1 heterocycles. The van der Waals surface area contributed by atoms with Crippen LogP contribution in [0.1, 0.15) is 13.3 Å². The zero-order valence-electron chi connectivity index (χ0n) is 8.36. The van der Waals surface area contributed by atoms with E-state index in [2.05, 4.69) is 9.72 Å². The molecule has 0 aliphatic carbocycles. The van der Waals surface area contributed by atoms with E-state index in [1.165, 1.54) is 12.3 Å². The molecule has 15 heavy (non-hydrogen) atoms. The summed E-state index contributed by atoms with van der Waals surface area (Å²) in [6, 6.07) is 1.23. The molecule has 0 unspecified atom stereocenters. The van der Waals surface area contributed by atoms with Gasteiger partial charge >= 0.3 is 11.7 Å². The zero-order valence-corrected chi connectivity index (χ0v) is 8.36. The van der Waals surface area contributed by atoms with E-state index >= 15 is 0 Å². The number of nitrogens with one attached hydrogen (secondary N) is 1. The van der Waals surface area contributed by atoms with Gasteiger partial charge in [0, 0.05) is 18.8 Å². The van der Waals surface area contributed by atoms with E-state index in [9.17, 15) is 14.4 Å². The Morgan fingerprint density at radius 2 is 2.27 bits per heavy atom. The molecule has 0 spiro atoms. The van der Waals surface area contributed by atoms with Crippen LogP contribution < -0.4 is 11.2 Å². The number of rotatable bonds is 4. The predicted molar refractivity (Wildman–Crippen MR) is 52.6 cm³/mol. The van der Waals surface area contributed by atoms with Crippen molar-refractivity contribution in [2.24, 2.45) is 0 Å². The number of H-pyrrole nitrogens is 1. The topological polar surface area (TPSA) is 81.2 Å². The molecule has 0 aliphatic rings. The predicted octanol–water partition coefficient (Wildman–Crippen LogP) is -0.510. The van der Waals surface area contributed by atoms with Gasteiger partial charge in [-0.2, -0.15) is 0 Å². The Morgan fingerprint density at radius 1 is 1.53 bits per heavy atom. The van der Waals surface area contributed by atoms with Crippen LogP contribution >= 0.6 is 0 Å². The lowest BCUT2D eigenvalue weighted by Gasteiger charge is -2.03. The third kappa shape index (κ3) is 3.08. The lowest BCUT2D eigenvalue weighted by molar-refractivity contribution is -0.143. The maximum absolute atomic E-state index is 11.2. The van der Waals surface area contributed by atoms with Crippen LogP contribution in [0.15, 0.2) is 21.9 Å². The molecule has 0 radical (unpaired) electrons. The van der Waals surface area contributed by atoms with Crippen molar-refractivity contribution >= 4 is 5.97 Å². The van der Waals surface area contributed by atoms with Crippen LogP contribution in [0.3, 0.4) is 0 Å². The summed E-state index contributed by atoms with van der Waals surface area (Å²) in [5, 5.41) is 0. The molecule has 0 aromatic carbocycles. The molecule has 0 atom stereocenters. The van der Waals surface area contributed by atoms with Gasteiger partial charge in [-0.05, 0) is 6.92 Å². The molecule has 0 saturated heterocycles. The highest BCUT2D eigenvalue weighted by molar-refractivity contribution is 5.69. The molecule has 0 aliphatic heterocycles. The number of hydrogen-bond donors (Lipinski definition) is 1. The summed E-state index contributed by atoms with van der Waals surface area (Å²) in [5.41, 5.74) is -0.949. The molecular weight excluding hydrogens is 200 g/mol. The first-order valence-corrected chi connectivity index (χ1v) is 4.59. The zero-order chi connectivity index (χ0) is 11.3. The summed E-state index contributed by atoms with van der Waals surface area (Å²) >= 11 is 0. The number of carbonyl (C=O) groups is 1. The first-order chi connectivity index (χ1) is 7.15. The molecule has 82 valence electrons. The van der Waals surface area contributed by atoms with Crippen molar-refractivity contribution in [3.8, 4) is 0 Å². The molecule has 0 bridgehead atoms. The maximum atomic E-state index is 11.2. The quantitative estimate of drug-likeness (QED) is 0.681. The van der Waals surface area contributed by atoms with E-state index < -0.39 is 17.2 Å². The fourth-order valence-corrected chi connectivity index (χ4v) is 1.10. The minimum atomic E-state index is -0.521. The second-order valence-electron chi connectivity index (χ2n) is 2.83. The van der Waals surface area contributed by atoms with Crippen LogP contribution in [0.2, 0.25) is 0 Å². The van der Waals surface area contributed by atoms with Gasteiger partial charge in [0.1, 0.15) is 0 Å². The smallest absolute Gasteiger partial charge is 0.328 e. The van der Waals surface area contributed by atoms with Crippen LogP contribution in [0.25, 0.3) is 0 Å². The minimum absolute atomic E-state index is 0.0147. The summed E-state index contributed by atoms with van der Waals surface area (Å²) < 4.78 is 5.63. The Bertz CT molecular complexity index is 418. The van der Waals surface area contributed by atoms with Crippen LogP contribution in [-0.4, -0.2) is 22.1 Å². The maximum Gasteiger partial charge on any atom is 0.328 e. The highest BCUT2D eigenvalue weighted by atomic mass is 16.5. The molecule has 1 aromatic heterocycles. The van der Waals surface area contributed by atoms with Gasteiger partial charge in [0.05, 0.1) is 13.0 Å². The molecular formula is C9H12N2O4. The average molecular weight is 212 g/mol. The van der Waals surface area contributed by atoms with Gasteiger partial charge < -0.3 is 9.72 Å². The van der Waals surface area contributed by atoms with Gasteiger partial charge in [-0.25, -0.2) is 4.79 Å². The lowest BCUT2D eigenvalue weighted by Crippen LogP contribution is -2.34. The fourth-order valence-electron chi connectivity index (χ4n) is 1.10. The normalized spacial score (nSPS) is 9.93. The Kier molecular flexibility index (Phi) is 3.84. The number of carbonyl (C=O) groups excluding carboxylic acids is 1. The van der Waals surface area contributed by atoms with Crippen molar-refractivity contribution in [3.05, 3.63) is 33.1 Å². The van der Waals surface area contributed by atoms with E-state index in [1.807, 2.05) is 0 Å². The van der Waals surface area contributed by atoms with Crippen LogP contribution in [0, 0.1) is 0 Å². The highest BCUT2D eigenvalue weighted by Crippen LogP contribution is 1.87. The highest BCUT2D eigenvalue weighted by Gasteiger charge is 2.05. The molecule has 1 aromatic rings. The minimum Gasteiger partial charge on any atom is -0.466 e. The van der Waals surface area contributed by atoms with Gasteiger partial charge in [0.25, 0.3) is 5.56 Å². The molecule has 1 N–H and O–H groups in total. The number of aromatic amines is 1. The van der Waals surface area contributed by atoms with Crippen molar-refractivity contribution in [2.75, 3.05) is 6.61 Å². The van der Waals surface area contributed by atoms with Crippen LogP contribution in [0.5, 0.6) is 0 Å². The number of aromatic nitrogens is 2. The van der Waals surface area contributed by atoms with E-state index in [-0.39, 0.29) is 13.0 Å². The molecule has 0 amide bonds. The number of ether oxygens (including phenoxy) is 1. The van der Waals surface area contributed by atoms with Crippen molar-refractivity contribution in [2.45, 2.75) is 19.9 Å². The van der Waals surface area contributed by atoms with Gasteiger partial charge in [-0.3, -0.25) is 14.2 Å². The van der Waals surface area contributed by atoms with E-state index in [1.54, 1.807) is 6.92 Å². The number of esters is 1. The Hall–Kier alpha value is -1.85. The van der Waals surface area contributed by atoms with Crippen molar-refractivity contribution in [1.29, 1.82) is 0 Å². The molecule has 0 saturated carbocycles. The van der Waals surface area contributed by atoms with Gasteiger partial charge in [-0.15, -0.1) is 0 Å². The van der Waals surface area contributed by atoms with Crippen LogP contribution in [0.4, 0.5) is 0 Å². The van der Waals surface area contributed by atoms with Gasteiger partial charge in [-0.1, -0.05) is 0 Å². The summed E-state index contributed by atoms with van der Waals surface area (Å²) in [5.74, 6) is -0.423. The van der Waals surface area contributed by atoms with Crippen molar-refractivity contribution in [1.82, 2.24) is 9.55 Å². The standard InChI is InChI=1S/C9H12N2O4/c1-2-15-8(13)4-6-11-7(12)3-5-10-9(11)14/h3,5H,2,4,6H2,1H3,(H,10,14).